The molecule has 0 aliphatic carbocycles. The van der Waals surface area contributed by atoms with Gasteiger partial charge in [0, 0.05) is 18.9 Å². The van der Waals surface area contributed by atoms with Gasteiger partial charge in [-0.1, -0.05) is 12.0 Å². The molecule has 1 spiro atoms. The number of hydrogen-bond donors (Lipinski definition) is 1. The predicted octanol–water partition coefficient (Wildman–Crippen LogP) is 0.894. The minimum atomic E-state index is -0.132. The molecule has 2 bridgehead atoms. The van der Waals surface area contributed by atoms with E-state index < -0.39 is 0 Å². The fourth-order valence-electron chi connectivity index (χ4n) is 3.49. The van der Waals surface area contributed by atoms with Crippen LogP contribution in [-0.2, 0) is 11.2 Å². The van der Waals surface area contributed by atoms with E-state index in [9.17, 15) is 0 Å². The number of fused-ring (bicyclic) bond motifs is 2. The number of piperidine rings is 3. The number of nitrogens with one attached hydrogen (secondary N) is 1. The fourth-order valence-corrected chi connectivity index (χ4v) is 3.49. The summed E-state index contributed by atoms with van der Waals surface area (Å²) in [6.07, 6.45) is 3.15. The van der Waals surface area contributed by atoms with Crippen molar-refractivity contribution in [2.45, 2.75) is 31.8 Å². The second kappa shape index (κ2) is 4.44. The number of aliphatic imine (C=N–C) groups is 1. The van der Waals surface area contributed by atoms with Crippen molar-refractivity contribution in [1.29, 1.82) is 0 Å². The molecule has 20 heavy (non-hydrogen) atoms. The third-order valence-corrected chi connectivity index (χ3v) is 4.60. The third kappa shape index (κ3) is 1.88. The minimum Gasteiger partial charge on any atom is -0.455 e. The summed E-state index contributed by atoms with van der Waals surface area (Å²) in [5.41, 5.74) is -0.132. The van der Waals surface area contributed by atoms with Gasteiger partial charge in [-0.25, -0.2) is 4.99 Å². The summed E-state index contributed by atoms with van der Waals surface area (Å²) in [6.45, 7) is 6.08. The van der Waals surface area contributed by atoms with E-state index in [0.717, 1.165) is 19.5 Å². The Morgan fingerprint density at radius 2 is 2.20 bits per heavy atom. The summed E-state index contributed by atoms with van der Waals surface area (Å²) < 4.78 is 11.6. The molecule has 4 aliphatic heterocycles. The van der Waals surface area contributed by atoms with Crippen molar-refractivity contribution in [3.63, 3.8) is 0 Å². The van der Waals surface area contributed by atoms with Crippen LogP contribution in [0.5, 0.6) is 0 Å². The van der Waals surface area contributed by atoms with Crippen LogP contribution in [0.4, 0.5) is 6.01 Å². The first-order chi connectivity index (χ1) is 9.77. The predicted molar refractivity (Wildman–Crippen MR) is 72.6 cm³/mol. The molecule has 5 heterocycles. The minimum absolute atomic E-state index is 0.132. The van der Waals surface area contributed by atoms with Gasteiger partial charge in [-0.2, -0.15) is 0 Å². The Kier molecular flexibility index (Phi) is 2.70. The number of anilines is 1. The Hall–Kier alpha value is -1.63. The van der Waals surface area contributed by atoms with Gasteiger partial charge in [-0.05, 0) is 25.9 Å². The average molecular weight is 277 g/mol. The van der Waals surface area contributed by atoms with Crippen LogP contribution in [0.2, 0.25) is 0 Å². The van der Waals surface area contributed by atoms with Gasteiger partial charge >= 0.3 is 6.01 Å². The van der Waals surface area contributed by atoms with Crippen molar-refractivity contribution in [2.24, 2.45) is 10.9 Å². The Labute approximate surface area is 117 Å². The molecule has 1 N–H and O–H groups in total. The molecule has 4 aliphatic rings. The molecule has 0 aromatic carbocycles. The van der Waals surface area contributed by atoms with Gasteiger partial charge in [0.2, 0.25) is 5.89 Å². The van der Waals surface area contributed by atoms with Crippen LogP contribution in [0.3, 0.4) is 0 Å². The van der Waals surface area contributed by atoms with Gasteiger partial charge in [0.25, 0.3) is 6.02 Å². The van der Waals surface area contributed by atoms with Gasteiger partial charge in [-0.3, -0.25) is 10.2 Å². The Morgan fingerprint density at radius 1 is 1.35 bits per heavy atom. The SMILES string of the molecule is CCc1nnc(NC2=NC[C@@]3(CN4CCC3CC4)O2)o1. The van der Waals surface area contributed by atoms with Crippen LogP contribution < -0.4 is 5.32 Å². The second-order valence-electron chi connectivity index (χ2n) is 5.82. The standard InChI is InChI=1S/C13H19N5O2/c1-2-10-16-17-12(19-10)15-11-14-7-13(20-11)8-18-5-3-9(13)4-6-18/h9H,2-8H2,1H3,(H,14,15,17)/t13-/m0/s1. The zero-order chi connectivity index (χ0) is 13.6. The smallest absolute Gasteiger partial charge is 0.323 e. The van der Waals surface area contributed by atoms with E-state index >= 15 is 0 Å². The summed E-state index contributed by atoms with van der Waals surface area (Å²) in [7, 11) is 0. The molecule has 1 aromatic heterocycles. The molecule has 7 heteroatoms. The molecule has 108 valence electrons. The molecule has 0 amide bonds. The van der Waals surface area contributed by atoms with Crippen LogP contribution in [0.15, 0.2) is 9.41 Å². The molecule has 1 atom stereocenters. The number of aromatic nitrogens is 2. The maximum atomic E-state index is 6.14. The van der Waals surface area contributed by atoms with Crippen molar-refractivity contribution in [3.8, 4) is 0 Å². The summed E-state index contributed by atoms with van der Waals surface area (Å²) in [6, 6.07) is 0.879. The van der Waals surface area contributed by atoms with E-state index in [4.69, 9.17) is 9.15 Å². The van der Waals surface area contributed by atoms with Crippen LogP contribution in [0, 0.1) is 5.92 Å². The van der Waals surface area contributed by atoms with Crippen LogP contribution in [0.25, 0.3) is 0 Å². The van der Waals surface area contributed by atoms with E-state index in [-0.39, 0.29) is 5.60 Å². The quantitative estimate of drug-likeness (QED) is 0.865. The van der Waals surface area contributed by atoms with Crippen LogP contribution >= 0.6 is 0 Å². The average Bonchev–Trinajstić information content (AvgIpc) is 3.08. The van der Waals surface area contributed by atoms with E-state index in [1.54, 1.807) is 0 Å². The lowest BCUT2D eigenvalue weighted by molar-refractivity contribution is -0.0829. The maximum Gasteiger partial charge on any atom is 0.323 e. The molecule has 1 aromatic rings. The normalized spacial score (nSPS) is 35.1. The maximum absolute atomic E-state index is 6.14. The molecular formula is C13H19N5O2. The van der Waals surface area contributed by atoms with Crippen molar-refractivity contribution < 1.29 is 9.15 Å². The molecule has 0 unspecified atom stereocenters. The van der Waals surface area contributed by atoms with E-state index in [2.05, 4.69) is 25.4 Å². The molecular weight excluding hydrogens is 258 g/mol. The van der Waals surface area contributed by atoms with Crippen LogP contribution in [0.1, 0.15) is 25.7 Å². The lowest BCUT2D eigenvalue weighted by atomic mass is 9.75. The number of rotatable bonds is 2. The van der Waals surface area contributed by atoms with Crippen molar-refractivity contribution in [3.05, 3.63) is 5.89 Å². The topological polar surface area (TPSA) is 75.8 Å². The molecule has 3 fully saturated rings. The highest BCUT2D eigenvalue weighted by Gasteiger charge is 2.51. The number of ether oxygens (including phenoxy) is 1. The Bertz CT molecular complexity index is 535. The molecule has 5 rings (SSSR count). The zero-order valence-corrected chi connectivity index (χ0v) is 11.6. The fraction of sp³-hybridized carbons (Fsp3) is 0.769. The lowest BCUT2D eigenvalue weighted by Crippen LogP contribution is -2.61. The number of nitrogens with zero attached hydrogens (tertiary/aromatic N) is 4. The molecule has 7 nitrogen and oxygen atoms in total. The van der Waals surface area contributed by atoms with Gasteiger partial charge in [0.15, 0.2) is 0 Å². The van der Waals surface area contributed by atoms with Gasteiger partial charge in [0.1, 0.15) is 5.60 Å². The van der Waals surface area contributed by atoms with Gasteiger partial charge < -0.3 is 9.15 Å². The third-order valence-electron chi connectivity index (χ3n) is 4.60. The number of aryl methyl sites for hydroxylation is 1. The molecule has 3 saturated heterocycles. The van der Waals surface area contributed by atoms with Crippen molar-refractivity contribution in [2.75, 3.05) is 31.5 Å². The monoisotopic (exact) mass is 277 g/mol. The Morgan fingerprint density at radius 3 is 2.85 bits per heavy atom. The first-order valence-electron chi connectivity index (χ1n) is 7.33. The van der Waals surface area contributed by atoms with Gasteiger partial charge in [0.05, 0.1) is 6.54 Å². The summed E-state index contributed by atoms with van der Waals surface area (Å²) >= 11 is 0. The molecule has 0 saturated carbocycles. The zero-order valence-electron chi connectivity index (χ0n) is 11.6. The van der Waals surface area contributed by atoms with Crippen LogP contribution in [-0.4, -0.2) is 52.9 Å². The number of hydrogen-bond acceptors (Lipinski definition) is 7. The second-order valence-corrected chi connectivity index (χ2v) is 5.82. The summed E-state index contributed by atoms with van der Waals surface area (Å²) in [5.74, 6) is 1.23. The summed E-state index contributed by atoms with van der Waals surface area (Å²) in [5, 5.41) is 10.8. The largest absolute Gasteiger partial charge is 0.455 e. The van der Waals surface area contributed by atoms with Crippen molar-refractivity contribution in [1.82, 2.24) is 15.1 Å². The summed E-state index contributed by atoms with van der Waals surface area (Å²) in [4.78, 5) is 6.96. The van der Waals surface area contributed by atoms with E-state index in [1.807, 2.05) is 6.92 Å². The number of amidine groups is 1. The first kappa shape index (κ1) is 12.1. The van der Waals surface area contributed by atoms with Gasteiger partial charge in [-0.15, -0.1) is 5.10 Å². The highest BCUT2D eigenvalue weighted by molar-refractivity contribution is 5.88. The lowest BCUT2D eigenvalue weighted by Gasteiger charge is -2.50. The first-order valence-corrected chi connectivity index (χ1v) is 7.33. The highest BCUT2D eigenvalue weighted by atomic mass is 16.5. The van der Waals surface area contributed by atoms with E-state index in [0.29, 0.717) is 23.8 Å². The van der Waals surface area contributed by atoms with Crippen molar-refractivity contribution >= 4 is 12.0 Å². The Balaban J connectivity index is 1.45. The molecule has 0 radical (unpaired) electrons. The van der Waals surface area contributed by atoms with E-state index in [1.165, 1.54) is 25.9 Å². The highest BCUT2D eigenvalue weighted by Crippen LogP contribution is 2.40.